The maximum Gasteiger partial charge on any atom is 0.236 e. The summed E-state index contributed by atoms with van der Waals surface area (Å²) in [5.74, 6) is 1.60. The Balaban J connectivity index is 1.65. The topological polar surface area (TPSA) is 94.8 Å². The molecule has 0 fully saturated rings. The monoisotopic (exact) mass is 404 g/mol. The highest BCUT2D eigenvalue weighted by molar-refractivity contribution is 7.99. The van der Waals surface area contributed by atoms with Gasteiger partial charge in [0.15, 0.2) is 17.1 Å². The molecule has 0 aliphatic heterocycles. The third-order valence-corrected chi connectivity index (χ3v) is 5.33. The zero-order valence-corrected chi connectivity index (χ0v) is 16.9. The van der Waals surface area contributed by atoms with Gasteiger partial charge in [0.1, 0.15) is 11.3 Å². The average Bonchev–Trinajstić information content (AvgIpc) is 3.31. The fraction of sp³-hybridized carbons (Fsp3) is 0.353. The minimum atomic E-state index is -0.261. The molecule has 3 aromatic rings. The van der Waals surface area contributed by atoms with E-state index in [1.165, 1.54) is 23.1 Å². The van der Waals surface area contributed by atoms with Gasteiger partial charge >= 0.3 is 0 Å². The van der Waals surface area contributed by atoms with Crippen LogP contribution in [0.3, 0.4) is 0 Å². The first-order valence-corrected chi connectivity index (χ1v) is 10.3. The Labute approximate surface area is 165 Å². The number of ether oxygens (including phenoxy) is 1. The predicted octanol–water partition coefficient (Wildman–Crippen LogP) is 3.33. The number of anilines is 1. The van der Waals surface area contributed by atoms with E-state index in [1.807, 2.05) is 49.6 Å². The van der Waals surface area contributed by atoms with Crippen LogP contribution in [-0.2, 0) is 11.3 Å². The lowest BCUT2D eigenvalue weighted by Crippen LogP contribution is -2.15. The zero-order valence-electron chi connectivity index (χ0n) is 15.2. The summed E-state index contributed by atoms with van der Waals surface area (Å²) in [6.07, 6.45) is -0.261. The Kier molecular flexibility index (Phi) is 6.40. The van der Waals surface area contributed by atoms with Gasteiger partial charge < -0.3 is 9.30 Å². The molecule has 1 aromatic carbocycles. The van der Waals surface area contributed by atoms with Crippen molar-refractivity contribution < 1.29 is 9.53 Å². The molecule has 3 rings (SSSR count). The second kappa shape index (κ2) is 8.96. The van der Waals surface area contributed by atoms with Crippen LogP contribution >= 0.6 is 23.1 Å². The fourth-order valence-corrected chi connectivity index (χ4v) is 3.72. The van der Waals surface area contributed by atoms with E-state index in [4.69, 9.17) is 4.74 Å². The van der Waals surface area contributed by atoms with Gasteiger partial charge in [-0.25, -0.2) is 0 Å². The number of rotatable bonds is 8. The number of nitrogens with zero attached hydrogens (tertiary/aromatic N) is 5. The third kappa shape index (κ3) is 4.83. The molecule has 0 aliphatic carbocycles. The van der Waals surface area contributed by atoms with Gasteiger partial charge in [-0.05, 0) is 32.4 Å². The van der Waals surface area contributed by atoms with Crippen LogP contribution in [0.4, 0.5) is 5.13 Å². The Morgan fingerprint density at radius 1 is 1.33 bits per heavy atom. The second-order valence-electron chi connectivity index (χ2n) is 5.69. The van der Waals surface area contributed by atoms with Crippen molar-refractivity contribution >= 4 is 34.1 Å². The second-order valence-corrected chi connectivity index (χ2v) is 7.47. The number of nitrogens with one attached hydrogen (secondary N) is 1. The smallest absolute Gasteiger partial charge is 0.236 e. The molecule has 0 aliphatic rings. The molecule has 1 N–H and O–H groups in total. The number of carbonyl (C=O) groups excluding carboxylic acids is 1. The number of thioether (sulfide) groups is 1. The number of carbonyl (C=O) groups is 1. The zero-order chi connectivity index (χ0) is 19.2. The van der Waals surface area contributed by atoms with Gasteiger partial charge in [-0.15, -0.1) is 20.4 Å². The summed E-state index contributed by atoms with van der Waals surface area (Å²) in [5, 5.41) is 19.9. The number of aryl methyl sites for hydroxylation is 1. The van der Waals surface area contributed by atoms with E-state index in [1.54, 1.807) is 5.51 Å². The van der Waals surface area contributed by atoms with Crippen molar-refractivity contribution in [3.8, 4) is 5.75 Å². The summed E-state index contributed by atoms with van der Waals surface area (Å²) in [4.78, 5) is 12.0. The number of hydrogen-bond donors (Lipinski definition) is 1. The highest BCUT2D eigenvalue weighted by Crippen LogP contribution is 2.26. The Bertz CT molecular complexity index is 897. The first-order chi connectivity index (χ1) is 13.1. The largest absolute Gasteiger partial charge is 0.482 e. The molecule has 1 amide bonds. The van der Waals surface area contributed by atoms with Gasteiger partial charge in [-0.2, -0.15) is 0 Å². The van der Waals surface area contributed by atoms with E-state index in [0.717, 1.165) is 17.1 Å². The lowest BCUT2D eigenvalue weighted by atomic mass is 10.2. The van der Waals surface area contributed by atoms with Gasteiger partial charge in [0.2, 0.25) is 11.0 Å². The Hall–Kier alpha value is -2.46. The SMILES string of the molecule is CCn1c(SCC(=O)Nc2nncs2)nnc1C(C)Oc1ccccc1C. The van der Waals surface area contributed by atoms with Crippen molar-refractivity contribution in [1.82, 2.24) is 25.0 Å². The van der Waals surface area contributed by atoms with Crippen molar-refractivity contribution in [2.75, 3.05) is 11.1 Å². The van der Waals surface area contributed by atoms with Crippen molar-refractivity contribution in [1.29, 1.82) is 0 Å². The van der Waals surface area contributed by atoms with E-state index < -0.39 is 0 Å². The van der Waals surface area contributed by atoms with Crippen molar-refractivity contribution in [2.24, 2.45) is 0 Å². The molecule has 1 atom stereocenters. The Morgan fingerprint density at radius 3 is 2.85 bits per heavy atom. The molecule has 0 spiro atoms. The lowest BCUT2D eigenvalue weighted by Gasteiger charge is -2.16. The first-order valence-electron chi connectivity index (χ1n) is 8.42. The maximum absolute atomic E-state index is 12.0. The standard InChI is InChI=1S/C17H20N6O2S2/c1-4-23-15(12(3)25-13-8-6-5-7-11(13)2)20-22-17(23)26-9-14(24)19-16-21-18-10-27-16/h5-8,10,12H,4,9H2,1-3H3,(H,19,21,24). The van der Waals surface area contributed by atoms with Gasteiger partial charge in [0.25, 0.3) is 0 Å². The number of amides is 1. The van der Waals surface area contributed by atoms with E-state index in [9.17, 15) is 4.79 Å². The number of para-hydroxylation sites is 1. The van der Waals surface area contributed by atoms with Crippen molar-refractivity contribution in [2.45, 2.75) is 38.6 Å². The quantitative estimate of drug-likeness (QED) is 0.575. The van der Waals surface area contributed by atoms with E-state index in [0.29, 0.717) is 16.8 Å². The van der Waals surface area contributed by atoms with E-state index in [2.05, 4.69) is 25.7 Å². The molecule has 0 saturated heterocycles. The molecule has 8 nitrogen and oxygen atoms in total. The Morgan fingerprint density at radius 2 is 2.15 bits per heavy atom. The molecule has 10 heteroatoms. The van der Waals surface area contributed by atoms with E-state index in [-0.39, 0.29) is 17.8 Å². The molecule has 2 aromatic heterocycles. The minimum Gasteiger partial charge on any atom is -0.482 e. The first kappa shape index (κ1) is 19.3. The van der Waals surface area contributed by atoms with Crippen molar-refractivity contribution in [3.05, 3.63) is 41.2 Å². The molecule has 142 valence electrons. The summed E-state index contributed by atoms with van der Waals surface area (Å²) in [6.45, 7) is 6.65. The van der Waals surface area contributed by atoms with Crippen LogP contribution in [0.5, 0.6) is 5.75 Å². The third-order valence-electron chi connectivity index (χ3n) is 3.76. The fourth-order valence-electron chi connectivity index (χ4n) is 2.45. The van der Waals surface area contributed by atoms with Crippen LogP contribution < -0.4 is 10.1 Å². The number of aromatic nitrogens is 5. The minimum absolute atomic E-state index is 0.159. The highest BCUT2D eigenvalue weighted by atomic mass is 32.2. The number of hydrogen-bond acceptors (Lipinski definition) is 8. The average molecular weight is 405 g/mol. The molecular weight excluding hydrogens is 384 g/mol. The summed E-state index contributed by atoms with van der Waals surface area (Å²) < 4.78 is 8.02. The summed E-state index contributed by atoms with van der Waals surface area (Å²) in [6, 6.07) is 7.86. The van der Waals surface area contributed by atoms with Crippen LogP contribution in [0.2, 0.25) is 0 Å². The predicted molar refractivity (Wildman–Crippen MR) is 105 cm³/mol. The van der Waals surface area contributed by atoms with Gasteiger partial charge in [-0.1, -0.05) is 41.3 Å². The molecule has 2 heterocycles. The summed E-state index contributed by atoms with van der Waals surface area (Å²) >= 11 is 2.60. The van der Waals surface area contributed by atoms with Crippen LogP contribution in [-0.4, -0.2) is 36.6 Å². The summed E-state index contributed by atoms with van der Waals surface area (Å²) in [5.41, 5.74) is 2.63. The van der Waals surface area contributed by atoms with Crippen molar-refractivity contribution in [3.63, 3.8) is 0 Å². The lowest BCUT2D eigenvalue weighted by molar-refractivity contribution is -0.113. The molecular formula is C17H20N6O2S2. The molecule has 0 saturated carbocycles. The molecule has 1 unspecified atom stereocenters. The van der Waals surface area contributed by atoms with Gasteiger partial charge in [0.05, 0.1) is 5.75 Å². The van der Waals surface area contributed by atoms with Crippen LogP contribution in [0.25, 0.3) is 0 Å². The number of benzene rings is 1. The van der Waals surface area contributed by atoms with Crippen LogP contribution in [0, 0.1) is 6.92 Å². The van der Waals surface area contributed by atoms with Gasteiger partial charge in [0, 0.05) is 6.54 Å². The van der Waals surface area contributed by atoms with Crippen LogP contribution in [0.1, 0.15) is 31.3 Å². The molecule has 0 radical (unpaired) electrons. The van der Waals surface area contributed by atoms with E-state index >= 15 is 0 Å². The molecule has 0 bridgehead atoms. The summed E-state index contributed by atoms with van der Waals surface area (Å²) in [7, 11) is 0. The molecule has 27 heavy (non-hydrogen) atoms. The normalized spacial score (nSPS) is 12.0. The maximum atomic E-state index is 12.0. The van der Waals surface area contributed by atoms with Gasteiger partial charge in [-0.3, -0.25) is 10.1 Å². The highest BCUT2D eigenvalue weighted by Gasteiger charge is 2.20. The van der Waals surface area contributed by atoms with Crippen LogP contribution in [0.15, 0.2) is 34.9 Å².